The zero-order valence-electron chi connectivity index (χ0n) is 22.4. The molecule has 1 amide bonds. The third kappa shape index (κ3) is 6.34. The number of alkyl halides is 3. The van der Waals surface area contributed by atoms with Gasteiger partial charge in [0.1, 0.15) is 23.0 Å². The van der Waals surface area contributed by atoms with Gasteiger partial charge in [-0.05, 0) is 45.4 Å². The van der Waals surface area contributed by atoms with Gasteiger partial charge in [0, 0.05) is 52.6 Å². The van der Waals surface area contributed by atoms with Crippen LogP contribution in [0.15, 0.2) is 36.8 Å². The Bertz CT molecular complexity index is 1430. The van der Waals surface area contributed by atoms with Gasteiger partial charge in [-0.2, -0.15) is 18.7 Å². The van der Waals surface area contributed by atoms with Crippen LogP contribution in [0.25, 0.3) is 10.6 Å². The standard InChI is InChI=1S/C27H28F3N5O5S/c1-4-38-24(37)20-8-26(9-21(20)35-40-26)13-39-19-6-16(5-17(7-19)23-31-10-14(2)41-23)22(36)34-15(3)18-11-32-25(33-12-18)27(28,29)30/h5-7,10-12,15,20-21,35H,4,8-9,13H2,1-3H3,(H,34,36)/t15-,20?,21?,26?/m1/s1. The van der Waals surface area contributed by atoms with Crippen LogP contribution in [0.4, 0.5) is 13.2 Å². The molecule has 2 bridgehead atoms. The van der Waals surface area contributed by atoms with Crippen LogP contribution in [0.1, 0.15) is 59.4 Å². The molecule has 2 aliphatic rings. The molecule has 3 heterocycles. The van der Waals surface area contributed by atoms with Crippen LogP contribution in [0.5, 0.6) is 5.75 Å². The van der Waals surface area contributed by atoms with Crippen molar-refractivity contribution in [3.05, 3.63) is 58.6 Å². The first kappa shape index (κ1) is 28.9. The maximum atomic E-state index is 13.3. The minimum atomic E-state index is -4.66. The van der Waals surface area contributed by atoms with Gasteiger partial charge in [-0.1, -0.05) is 0 Å². The Balaban J connectivity index is 1.34. The summed E-state index contributed by atoms with van der Waals surface area (Å²) >= 11 is 1.45. The molecule has 218 valence electrons. The topological polar surface area (TPSA) is 125 Å². The van der Waals surface area contributed by atoms with Gasteiger partial charge in [-0.25, -0.2) is 15.0 Å². The Morgan fingerprint density at radius 2 is 1.95 bits per heavy atom. The monoisotopic (exact) mass is 591 g/mol. The Morgan fingerprint density at radius 1 is 1.20 bits per heavy atom. The number of amides is 1. The molecule has 1 saturated heterocycles. The van der Waals surface area contributed by atoms with Crippen LogP contribution in [-0.2, 0) is 20.5 Å². The van der Waals surface area contributed by atoms with Crippen molar-refractivity contribution < 1.29 is 37.1 Å². The molecule has 0 radical (unpaired) electrons. The number of thiazole rings is 1. The molecule has 0 spiro atoms. The molecule has 1 aromatic carbocycles. The van der Waals surface area contributed by atoms with Crippen LogP contribution in [0.2, 0.25) is 0 Å². The van der Waals surface area contributed by atoms with E-state index in [4.69, 9.17) is 14.3 Å². The van der Waals surface area contributed by atoms with Gasteiger partial charge >= 0.3 is 12.1 Å². The third-order valence-corrected chi connectivity index (χ3v) is 7.96. The second kappa shape index (κ2) is 11.3. The van der Waals surface area contributed by atoms with Crippen LogP contribution in [0.3, 0.4) is 0 Å². The van der Waals surface area contributed by atoms with Gasteiger partial charge in [-0.3, -0.25) is 14.4 Å². The van der Waals surface area contributed by atoms with E-state index in [1.807, 2.05) is 6.92 Å². The fourth-order valence-corrected chi connectivity index (χ4v) is 5.68. The van der Waals surface area contributed by atoms with Crippen molar-refractivity contribution in [2.45, 2.75) is 57.5 Å². The van der Waals surface area contributed by atoms with E-state index in [9.17, 15) is 22.8 Å². The lowest BCUT2D eigenvalue weighted by Gasteiger charge is -2.29. The molecular formula is C27H28F3N5O5S. The van der Waals surface area contributed by atoms with Gasteiger partial charge in [0.2, 0.25) is 5.82 Å². The summed E-state index contributed by atoms with van der Waals surface area (Å²) in [7, 11) is 0. The Hall–Kier alpha value is -3.62. The molecule has 10 nitrogen and oxygen atoms in total. The molecule has 1 saturated carbocycles. The molecule has 2 aromatic heterocycles. The lowest BCUT2D eigenvalue weighted by atomic mass is 10.00. The van der Waals surface area contributed by atoms with E-state index in [2.05, 4.69) is 25.7 Å². The molecule has 1 aliphatic carbocycles. The van der Waals surface area contributed by atoms with E-state index in [1.165, 1.54) is 11.3 Å². The fourth-order valence-electron chi connectivity index (χ4n) is 4.93. The van der Waals surface area contributed by atoms with Crippen LogP contribution < -0.4 is 15.5 Å². The summed E-state index contributed by atoms with van der Waals surface area (Å²) in [4.78, 5) is 43.6. The maximum absolute atomic E-state index is 13.3. The highest BCUT2D eigenvalue weighted by Gasteiger charge is 2.56. The highest BCUT2D eigenvalue weighted by atomic mass is 32.1. The minimum Gasteiger partial charge on any atom is -0.490 e. The van der Waals surface area contributed by atoms with Crippen molar-refractivity contribution in [3.8, 4) is 16.3 Å². The van der Waals surface area contributed by atoms with E-state index in [0.717, 1.165) is 17.3 Å². The molecule has 2 fully saturated rings. The predicted molar refractivity (Wildman–Crippen MR) is 141 cm³/mol. The maximum Gasteiger partial charge on any atom is 0.451 e. The van der Waals surface area contributed by atoms with E-state index >= 15 is 0 Å². The number of hydrogen-bond donors (Lipinski definition) is 2. The summed E-state index contributed by atoms with van der Waals surface area (Å²) in [6, 6.07) is 4.18. The van der Waals surface area contributed by atoms with Gasteiger partial charge in [0.25, 0.3) is 5.91 Å². The Morgan fingerprint density at radius 3 is 2.61 bits per heavy atom. The lowest BCUT2D eigenvalue weighted by Crippen LogP contribution is -2.43. The van der Waals surface area contributed by atoms with Crippen molar-refractivity contribution in [3.63, 3.8) is 0 Å². The van der Waals surface area contributed by atoms with E-state index in [1.54, 1.807) is 38.2 Å². The largest absolute Gasteiger partial charge is 0.490 e. The first-order valence-electron chi connectivity index (χ1n) is 13.0. The minimum absolute atomic E-state index is 0.132. The molecule has 4 atom stereocenters. The number of ether oxygens (including phenoxy) is 2. The average molecular weight is 592 g/mol. The summed E-state index contributed by atoms with van der Waals surface area (Å²) in [5.74, 6) is -1.95. The molecule has 1 aliphatic heterocycles. The number of carbonyl (C=O) groups is 2. The number of hydroxylamine groups is 1. The zero-order chi connectivity index (χ0) is 29.4. The highest BCUT2D eigenvalue weighted by molar-refractivity contribution is 7.14. The Labute approximate surface area is 237 Å². The summed E-state index contributed by atoms with van der Waals surface area (Å²) in [5, 5.41) is 3.46. The summed E-state index contributed by atoms with van der Waals surface area (Å²) in [5.41, 5.74) is 3.43. The SMILES string of the molecule is CCOC(=O)C1CC2(COc3cc(C(=O)N[C@H](C)c4cnc(C(F)(F)F)nc4)cc(-c4ncc(C)s4)c3)CC1NO2. The van der Waals surface area contributed by atoms with Crippen molar-refractivity contribution >= 4 is 23.2 Å². The number of nitrogens with one attached hydrogen (secondary N) is 2. The van der Waals surface area contributed by atoms with Gasteiger partial charge in [0.05, 0.1) is 18.6 Å². The quantitative estimate of drug-likeness (QED) is 0.348. The Kier molecular flexibility index (Phi) is 7.99. The van der Waals surface area contributed by atoms with Gasteiger partial charge < -0.3 is 14.8 Å². The highest BCUT2D eigenvalue weighted by Crippen LogP contribution is 2.43. The van der Waals surface area contributed by atoms with Crippen molar-refractivity contribution in [1.82, 2.24) is 25.7 Å². The first-order valence-corrected chi connectivity index (χ1v) is 13.8. The van der Waals surface area contributed by atoms with E-state index < -0.39 is 29.6 Å². The third-order valence-electron chi connectivity index (χ3n) is 7.00. The van der Waals surface area contributed by atoms with Crippen molar-refractivity contribution in [1.29, 1.82) is 0 Å². The predicted octanol–water partition coefficient (Wildman–Crippen LogP) is 4.41. The number of fused-ring (bicyclic) bond motifs is 2. The fraction of sp³-hybridized carbons (Fsp3) is 0.444. The number of halogens is 3. The number of carbonyl (C=O) groups excluding carboxylic acids is 2. The van der Waals surface area contributed by atoms with Gasteiger partial charge in [-0.15, -0.1) is 11.3 Å². The molecule has 14 heteroatoms. The molecule has 3 unspecified atom stereocenters. The van der Waals surface area contributed by atoms with Crippen LogP contribution >= 0.6 is 11.3 Å². The van der Waals surface area contributed by atoms with Crippen molar-refractivity contribution in [2.75, 3.05) is 13.2 Å². The lowest BCUT2D eigenvalue weighted by molar-refractivity contribution is -0.159. The number of hydrogen-bond acceptors (Lipinski definition) is 10. The average Bonchev–Trinajstić information content (AvgIpc) is 3.67. The number of rotatable bonds is 9. The van der Waals surface area contributed by atoms with Gasteiger partial charge in [0.15, 0.2) is 0 Å². The molecule has 3 aromatic rings. The smallest absolute Gasteiger partial charge is 0.451 e. The van der Waals surface area contributed by atoms with Crippen LogP contribution in [-0.4, -0.2) is 51.7 Å². The zero-order valence-corrected chi connectivity index (χ0v) is 23.3. The molecular weight excluding hydrogens is 563 g/mol. The number of nitrogens with zero attached hydrogens (tertiary/aromatic N) is 3. The van der Waals surface area contributed by atoms with Crippen LogP contribution in [0, 0.1) is 12.8 Å². The normalized spacial score (nSPS) is 22.4. The second-order valence-electron chi connectivity index (χ2n) is 10.1. The molecule has 5 rings (SSSR count). The summed E-state index contributed by atoms with van der Waals surface area (Å²) in [6.07, 6.45) is 0.158. The molecule has 2 N–H and O–H groups in total. The number of benzene rings is 1. The van der Waals surface area contributed by atoms with E-state index in [-0.39, 0.29) is 30.1 Å². The number of aryl methyl sites for hydroxylation is 1. The second-order valence-corrected chi connectivity index (χ2v) is 11.4. The molecule has 41 heavy (non-hydrogen) atoms. The number of esters is 1. The van der Waals surface area contributed by atoms with E-state index in [0.29, 0.717) is 41.3 Å². The number of aromatic nitrogens is 3. The first-order chi connectivity index (χ1) is 19.5. The summed E-state index contributed by atoms with van der Waals surface area (Å²) < 4.78 is 49.8. The summed E-state index contributed by atoms with van der Waals surface area (Å²) in [6.45, 7) is 5.73. The van der Waals surface area contributed by atoms with Crippen molar-refractivity contribution in [2.24, 2.45) is 5.92 Å².